The van der Waals surface area contributed by atoms with E-state index in [0.717, 1.165) is 0 Å². The number of aliphatic hydroxyl groups is 2. The monoisotopic (exact) mass is 136 g/mol. The molecule has 0 bridgehead atoms. The molecule has 0 unspecified atom stereocenters. The second-order valence-electron chi connectivity index (χ2n) is 1.56. The Morgan fingerprint density at radius 3 is 2.11 bits per heavy atom. The SMILES string of the molecule is OC(O)C1OCOCO1. The minimum Gasteiger partial charge on any atom is -0.364 e. The van der Waals surface area contributed by atoms with Crippen LogP contribution >= 0.6 is 0 Å². The molecule has 5 nitrogen and oxygen atoms in total. The van der Waals surface area contributed by atoms with Crippen LogP contribution in [0.2, 0.25) is 0 Å². The third-order valence-electron chi connectivity index (χ3n) is 0.875. The van der Waals surface area contributed by atoms with E-state index < -0.39 is 12.6 Å². The van der Waals surface area contributed by atoms with E-state index in [-0.39, 0.29) is 13.6 Å². The van der Waals surface area contributed by atoms with Crippen molar-refractivity contribution in [2.45, 2.75) is 12.6 Å². The number of ether oxygens (including phenoxy) is 3. The van der Waals surface area contributed by atoms with Gasteiger partial charge in [0, 0.05) is 0 Å². The lowest BCUT2D eigenvalue weighted by molar-refractivity contribution is -0.349. The summed E-state index contributed by atoms with van der Waals surface area (Å²) < 4.78 is 13.8. The van der Waals surface area contributed by atoms with Gasteiger partial charge in [-0.2, -0.15) is 0 Å². The van der Waals surface area contributed by atoms with Crippen LogP contribution in [0.4, 0.5) is 0 Å². The molecule has 9 heavy (non-hydrogen) atoms. The molecule has 0 saturated carbocycles. The molecule has 0 amide bonds. The number of aliphatic hydroxyl groups excluding tert-OH is 1. The molecule has 1 aliphatic rings. The summed E-state index contributed by atoms with van der Waals surface area (Å²) in [5.41, 5.74) is 0. The zero-order valence-electron chi connectivity index (χ0n) is 4.69. The molecular weight excluding hydrogens is 128 g/mol. The Balaban J connectivity index is 2.23. The van der Waals surface area contributed by atoms with Crippen molar-refractivity contribution in [2.75, 3.05) is 13.6 Å². The molecule has 0 radical (unpaired) electrons. The van der Waals surface area contributed by atoms with Crippen LogP contribution in [0.25, 0.3) is 0 Å². The van der Waals surface area contributed by atoms with Gasteiger partial charge in [-0.25, -0.2) is 0 Å². The van der Waals surface area contributed by atoms with Gasteiger partial charge in [0.05, 0.1) is 0 Å². The maximum atomic E-state index is 8.43. The fraction of sp³-hybridized carbons (Fsp3) is 1.00. The molecule has 0 atom stereocenters. The molecule has 0 aromatic heterocycles. The van der Waals surface area contributed by atoms with E-state index in [4.69, 9.17) is 10.2 Å². The van der Waals surface area contributed by atoms with E-state index in [1.165, 1.54) is 0 Å². The lowest BCUT2D eigenvalue weighted by Gasteiger charge is -2.23. The largest absolute Gasteiger partial charge is 0.364 e. The summed E-state index contributed by atoms with van der Waals surface area (Å²) in [5, 5.41) is 16.9. The quantitative estimate of drug-likeness (QED) is 0.434. The molecule has 2 N–H and O–H groups in total. The number of hydrogen-bond acceptors (Lipinski definition) is 5. The van der Waals surface area contributed by atoms with Crippen LogP contribution in [-0.2, 0) is 14.2 Å². The minimum absolute atomic E-state index is 0.0439. The van der Waals surface area contributed by atoms with E-state index in [2.05, 4.69) is 14.2 Å². The Labute approximate surface area is 51.8 Å². The van der Waals surface area contributed by atoms with Crippen molar-refractivity contribution in [2.24, 2.45) is 0 Å². The number of rotatable bonds is 1. The molecule has 1 fully saturated rings. The molecule has 54 valence electrons. The summed E-state index contributed by atoms with van der Waals surface area (Å²) in [4.78, 5) is 0. The van der Waals surface area contributed by atoms with Crippen molar-refractivity contribution in [3.63, 3.8) is 0 Å². The van der Waals surface area contributed by atoms with Gasteiger partial charge in [-0.05, 0) is 0 Å². The van der Waals surface area contributed by atoms with E-state index >= 15 is 0 Å². The molecule has 5 heteroatoms. The van der Waals surface area contributed by atoms with Gasteiger partial charge in [-0.15, -0.1) is 0 Å². The Kier molecular flexibility index (Phi) is 2.38. The standard InChI is InChI=1S/C4H8O5/c5-3(6)4-8-1-7-2-9-4/h3-6H,1-2H2. The summed E-state index contributed by atoms with van der Waals surface area (Å²) in [5.74, 6) is 0. The lowest BCUT2D eigenvalue weighted by Crippen LogP contribution is -2.36. The summed E-state index contributed by atoms with van der Waals surface area (Å²) in [6.45, 7) is 0.0879. The summed E-state index contributed by atoms with van der Waals surface area (Å²) in [6, 6.07) is 0. The molecule has 0 aromatic carbocycles. The smallest absolute Gasteiger partial charge is 0.213 e. The van der Waals surface area contributed by atoms with Crippen molar-refractivity contribution in [3.05, 3.63) is 0 Å². The maximum Gasteiger partial charge on any atom is 0.213 e. The van der Waals surface area contributed by atoms with Gasteiger partial charge in [0.25, 0.3) is 0 Å². The average Bonchev–Trinajstić information content (AvgIpc) is 1.90. The number of hydrogen-bond donors (Lipinski definition) is 2. The van der Waals surface area contributed by atoms with Gasteiger partial charge in [-0.1, -0.05) is 0 Å². The topological polar surface area (TPSA) is 68.2 Å². The Hall–Kier alpha value is -0.200. The highest BCUT2D eigenvalue weighted by Crippen LogP contribution is 2.04. The van der Waals surface area contributed by atoms with Crippen molar-refractivity contribution in [1.29, 1.82) is 0 Å². The van der Waals surface area contributed by atoms with Crippen LogP contribution in [0.15, 0.2) is 0 Å². The highest BCUT2D eigenvalue weighted by atomic mass is 16.9. The molecule has 0 spiro atoms. The average molecular weight is 136 g/mol. The van der Waals surface area contributed by atoms with Crippen molar-refractivity contribution in [3.8, 4) is 0 Å². The molecule has 0 aliphatic carbocycles. The molecule has 1 heterocycles. The highest BCUT2D eigenvalue weighted by molar-refractivity contribution is 4.43. The first kappa shape index (κ1) is 6.91. The summed E-state index contributed by atoms with van der Waals surface area (Å²) in [6.07, 6.45) is -2.55. The van der Waals surface area contributed by atoms with Gasteiger partial charge in [0.1, 0.15) is 0 Å². The first-order chi connectivity index (χ1) is 4.30. The second kappa shape index (κ2) is 3.09. The fourth-order valence-corrected chi connectivity index (χ4v) is 0.485. The normalized spacial score (nSPS) is 23.0. The van der Waals surface area contributed by atoms with E-state index in [1.807, 2.05) is 0 Å². The van der Waals surface area contributed by atoms with Crippen LogP contribution in [0.1, 0.15) is 0 Å². The third-order valence-corrected chi connectivity index (χ3v) is 0.875. The van der Waals surface area contributed by atoms with Gasteiger partial charge in [0.15, 0.2) is 13.6 Å². The predicted molar refractivity (Wildman–Crippen MR) is 25.0 cm³/mol. The highest BCUT2D eigenvalue weighted by Gasteiger charge is 2.20. The minimum atomic E-state index is -1.59. The van der Waals surface area contributed by atoms with Crippen LogP contribution in [0.5, 0.6) is 0 Å². The molecule has 1 saturated heterocycles. The fourth-order valence-electron chi connectivity index (χ4n) is 0.485. The third kappa shape index (κ3) is 1.88. The first-order valence-electron chi connectivity index (χ1n) is 2.48. The predicted octanol–water partition coefficient (Wildman–Crippen LogP) is -1.40. The maximum absolute atomic E-state index is 8.43. The van der Waals surface area contributed by atoms with Crippen LogP contribution in [0, 0.1) is 0 Å². The first-order valence-corrected chi connectivity index (χ1v) is 2.48. The van der Waals surface area contributed by atoms with Gasteiger partial charge >= 0.3 is 0 Å². The lowest BCUT2D eigenvalue weighted by atomic mass is 10.6. The molecule has 0 aromatic rings. The Bertz CT molecular complexity index is 77.0. The summed E-state index contributed by atoms with van der Waals surface area (Å²) >= 11 is 0. The molecule has 1 rings (SSSR count). The Morgan fingerprint density at radius 2 is 1.78 bits per heavy atom. The second-order valence-corrected chi connectivity index (χ2v) is 1.56. The molecular formula is C4H8O5. The van der Waals surface area contributed by atoms with Crippen molar-refractivity contribution >= 4 is 0 Å². The van der Waals surface area contributed by atoms with Crippen molar-refractivity contribution in [1.82, 2.24) is 0 Å². The van der Waals surface area contributed by atoms with E-state index in [1.54, 1.807) is 0 Å². The Morgan fingerprint density at radius 1 is 1.22 bits per heavy atom. The summed E-state index contributed by atoms with van der Waals surface area (Å²) in [7, 11) is 0. The van der Waals surface area contributed by atoms with Gasteiger partial charge in [0.2, 0.25) is 12.6 Å². The van der Waals surface area contributed by atoms with E-state index in [9.17, 15) is 0 Å². The van der Waals surface area contributed by atoms with Crippen molar-refractivity contribution < 1.29 is 24.4 Å². The molecule has 1 aliphatic heterocycles. The van der Waals surface area contributed by atoms with Gasteiger partial charge in [-0.3, -0.25) is 0 Å². The van der Waals surface area contributed by atoms with Crippen LogP contribution in [-0.4, -0.2) is 36.4 Å². The van der Waals surface area contributed by atoms with Gasteiger partial charge < -0.3 is 24.4 Å². The zero-order valence-corrected chi connectivity index (χ0v) is 4.69. The van der Waals surface area contributed by atoms with E-state index in [0.29, 0.717) is 0 Å². The van der Waals surface area contributed by atoms with Crippen LogP contribution < -0.4 is 0 Å². The van der Waals surface area contributed by atoms with Crippen LogP contribution in [0.3, 0.4) is 0 Å². The zero-order chi connectivity index (χ0) is 6.69.